The van der Waals surface area contributed by atoms with Gasteiger partial charge in [-0.05, 0) is 48.7 Å². The first-order chi connectivity index (χ1) is 12.6. The van der Waals surface area contributed by atoms with E-state index in [0.29, 0.717) is 0 Å². The van der Waals surface area contributed by atoms with Crippen LogP contribution in [-0.4, -0.2) is 23.9 Å². The molecular formula is C22H27ClN2O. The van der Waals surface area contributed by atoms with E-state index in [9.17, 15) is 4.79 Å². The molecule has 0 spiro atoms. The number of para-hydroxylation sites is 1. The van der Waals surface area contributed by atoms with Crippen LogP contribution >= 0.6 is 11.6 Å². The molecule has 138 valence electrons. The van der Waals surface area contributed by atoms with Gasteiger partial charge in [-0.25, -0.2) is 0 Å². The van der Waals surface area contributed by atoms with Gasteiger partial charge in [-0.1, -0.05) is 54.8 Å². The highest BCUT2D eigenvalue weighted by atomic mass is 35.5. The number of fused-ring (bicyclic) bond motifs is 1. The number of nitrogens with zero attached hydrogens (tertiary/aromatic N) is 2. The maximum atomic E-state index is 12.2. The van der Waals surface area contributed by atoms with Crippen LogP contribution in [0.2, 0.25) is 5.02 Å². The largest absolute Gasteiger partial charge is 0.312 e. The normalized spacial score (nSPS) is 16.6. The first kappa shape index (κ1) is 18.9. The minimum atomic E-state index is 0.126. The summed E-state index contributed by atoms with van der Waals surface area (Å²) in [5.74, 6) is 0.126. The average molecular weight is 371 g/mol. The Bertz CT molecular complexity index is 729. The second kappa shape index (κ2) is 9.20. The maximum absolute atomic E-state index is 12.2. The Morgan fingerprint density at radius 1 is 0.962 bits per heavy atom. The lowest BCUT2D eigenvalue weighted by molar-refractivity contribution is -0.116. The highest BCUT2D eigenvalue weighted by Gasteiger charge is 2.18. The van der Waals surface area contributed by atoms with Crippen molar-refractivity contribution in [2.24, 2.45) is 0 Å². The molecule has 3 rings (SSSR count). The number of benzene rings is 2. The number of carbonyl (C=O) groups excluding carboxylic acids is 1. The van der Waals surface area contributed by atoms with Crippen molar-refractivity contribution in [3.8, 4) is 0 Å². The summed E-state index contributed by atoms with van der Waals surface area (Å²) in [7, 11) is 0. The molecule has 3 nitrogen and oxygen atoms in total. The summed E-state index contributed by atoms with van der Waals surface area (Å²) in [6.07, 6.45) is 4.63. The first-order valence-electron chi connectivity index (χ1n) is 9.46. The molecule has 0 radical (unpaired) electrons. The number of hydrogen-bond donors (Lipinski definition) is 0. The smallest absolute Gasteiger partial charge is 0.223 e. The minimum Gasteiger partial charge on any atom is -0.312 e. The third kappa shape index (κ3) is 5.09. The van der Waals surface area contributed by atoms with Crippen LogP contribution in [0.4, 0.5) is 5.69 Å². The van der Waals surface area contributed by atoms with E-state index >= 15 is 0 Å². The van der Waals surface area contributed by atoms with Crippen molar-refractivity contribution in [1.29, 1.82) is 0 Å². The summed E-state index contributed by atoms with van der Waals surface area (Å²) < 4.78 is 0. The van der Waals surface area contributed by atoms with E-state index in [-0.39, 0.29) is 5.91 Å². The Kier molecular flexibility index (Phi) is 6.70. The molecule has 1 aliphatic heterocycles. The first-order valence-corrected chi connectivity index (χ1v) is 9.84. The zero-order valence-electron chi connectivity index (χ0n) is 15.5. The van der Waals surface area contributed by atoms with Gasteiger partial charge in [-0.3, -0.25) is 9.69 Å². The van der Waals surface area contributed by atoms with E-state index in [4.69, 9.17) is 11.6 Å². The van der Waals surface area contributed by atoms with Gasteiger partial charge in [0, 0.05) is 37.3 Å². The third-order valence-corrected chi connectivity index (χ3v) is 5.23. The number of carbonyl (C=O) groups is 1. The van der Waals surface area contributed by atoms with Crippen LogP contribution in [0.15, 0.2) is 48.5 Å². The Morgan fingerprint density at radius 2 is 1.65 bits per heavy atom. The quantitative estimate of drug-likeness (QED) is 0.719. The van der Waals surface area contributed by atoms with E-state index in [1.54, 1.807) is 6.92 Å². The van der Waals surface area contributed by atoms with Crippen LogP contribution in [0.25, 0.3) is 0 Å². The van der Waals surface area contributed by atoms with E-state index in [1.165, 1.54) is 30.4 Å². The third-order valence-electron chi connectivity index (χ3n) is 4.98. The molecule has 0 atom stereocenters. The van der Waals surface area contributed by atoms with Crippen molar-refractivity contribution in [3.63, 3.8) is 0 Å². The molecule has 4 heteroatoms. The molecule has 2 aromatic rings. The summed E-state index contributed by atoms with van der Waals surface area (Å²) >= 11 is 6.02. The molecule has 0 N–H and O–H groups in total. The van der Waals surface area contributed by atoms with Crippen molar-refractivity contribution >= 4 is 23.2 Å². The molecule has 0 unspecified atom stereocenters. The van der Waals surface area contributed by atoms with Crippen molar-refractivity contribution in [2.45, 2.75) is 45.7 Å². The molecule has 1 amide bonds. The van der Waals surface area contributed by atoms with Gasteiger partial charge >= 0.3 is 0 Å². The van der Waals surface area contributed by atoms with Gasteiger partial charge in [0.05, 0.1) is 0 Å². The second-order valence-corrected chi connectivity index (χ2v) is 7.49. The van der Waals surface area contributed by atoms with E-state index in [1.807, 2.05) is 23.1 Å². The molecule has 1 aliphatic rings. The van der Waals surface area contributed by atoms with Gasteiger partial charge in [-0.2, -0.15) is 0 Å². The number of halogens is 1. The van der Waals surface area contributed by atoms with Gasteiger partial charge in [0.2, 0.25) is 5.91 Å². The van der Waals surface area contributed by atoms with Crippen LogP contribution < -0.4 is 4.90 Å². The number of hydrogen-bond acceptors (Lipinski definition) is 2. The minimum absolute atomic E-state index is 0.126. The fourth-order valence-corrected chi connectivity index (χ4v) is 3.74. The molecule has 1 heterocycles. The van der Waals surface area contributed by atoms with E-state index in [0.717, 1.165) is 43.3 Å². The molecular weight excluding hydrogens is 344 g/mol. The van der Waals surface area contributed by atoms with Gasteiger partial charge in [0.25, 0.3) is 0 Å². The van der Waals surface area contributed by atoms with Gasteiger partial charge in [0.1, 0.15) is 0 Å². The van der Waals surface area contributed by atoms with Crippen LogP contribution in [0.1, 0.15) is 43.7 Å². The highest BCUT2D eigenvalue weighted by molar-refractivity contribution is 6.30. The Labute approximate surface area is 161 Å². The predicted octanol–water partition coefficient (Wildman–Crippen LogP) is 5.27. The zero-order valence-corrected chi connectivity index (χ0v) is 16.2. The molecule has 0 aromatic heterocycles. The lowest BCUT2D eigenvalue weighted by atomic mass is 10.1. The predicted molar refractivity (Wildman–Crippen MR) is 109 cm³/mol. The molecule has 0 saturated carbocycles. The Hall–Kier alpha value is -1.84. The number of anilines is 1. The fourth-order valence-electron chi connectivity index (χ4n) is 3.62. The maximum Gasteiger partial charge on any atom is 0.223 e. The van der Waals surface area contributed by atoms with Gasteiger partial charge in [-0.15, -0.1) is 0 Å². The van der Waals surface area contributed by atoms with Crippen molar-refractivity contribution in [2.75, 3.05) is 18.0 Å². The van der Waals surface area contributed by atoms with Crippen LogP contribution in [0.3, 0.4) is 0 Å². The number of amides is 1. The Balaban J connectivity index is 1.86. The summed E-state index contributed by atoms with van der Waals surface area (Å²) in [5, 5.41) is 0.772. The molecule has 0 saturated heterocycles. The SMILES string of the molecule is CC(=O)N1CCCCCCN(Cc2ccc(Cl)cc2)Cc2ccccc21. The van der Waals surface area contributed by atoms with Crippen LogP contribution in [-0.2, 0) is 17.9 Å². The molecule has 2 aromatic carbocycles. The van der Waals surface area contributed by atoms with Gasteiger partial charge < -0.3 is 4.90 Å². The summed E-state index contributed by atoms with van der Waals surface area (Å²) in [5.41, 5.74) is 3.55. The van der Waals surface area contributed by atoms with Gasteiger partial charge in [0.15, 0.2) is 0 Å². The topological polar surface area (TPSA) is 23.6 Å². The van der Waals surface area contributed by atoms with Crippen LogP contribution in [0, 0.1) is 0 Å². The highest BCUT2D eigenvalue weighted by Crippen LogP contribution is 2.25. The summed E-state index contributed by atoms with van der Waals surface area (Å²) in [6, 6.07) is 16.4. The van der Waals surface area contributed by atoms with Crippen molar-refractivity contribution < 1.29 is 4.79 Å². The lowest BCUT2D eigenvalue weighted by Crippen LogP contribution is -2.31. The fraction of sp³-hybridized carbons (Fsp3) is 0.409. The number of rotatable bonds is 2. The second-order valence-electron chi connectivity index (χ2n) is 7.05. The van der Waals surface area contributed by atoms with Crippen LogP contribution in [0.5, 0.6) is 0 Å². The molecule has 0 fully saturated rings. The van der Waals surface area contributed by atoms with Crippen molar-refractivity contribution in [3.05, 3.63) is 64.7 Å². The summed E-state index contributed by atoms with van der Waals surface area (Å²) in [4.78, 5) is 16.6. The monoisotopic (exact) mass is 370 g/mol. The van der Waals surface area contributed by atoms with E-state index in [2.05, 4.69) is 35.2 Å². The average Bonchev–Trinajstić information content (AvgIpc) is 2.66. The summed E-state index contributed by atoms with van der Waals surface area (Å²) in [6.45, 7) is 5.29. The zero-order chi connectivity index (χ0) is 18.4. The standard InChI is InChI=1S/C22H27ClN2O/c1-18(26)25-15-7-3-2-6-14-24(16-19-10-12-21(23)13-11-19)17-20-8-4-5-9-22(20)25/h4-5,8-13H,2-3,6-7,14-17H2,1H3. The van der Waals surface area contributed by atoms with E-state index < -0.39 is 0 Å². The molecule has 0 bridgehead atoms. The molecule has 26 heavy (non-hydrogen) atoms. The Morgan fingerprint density at radius 3 is 2.38 bits per heavy atom. The van der Waals surface area contributed by atoms with Crippen molar-refractivity contribution in [1.82, 2.24) is 4.90 Å². The lowest BCUT2D eigenvalue weighted by Gasteiger charge is -2.27. The molecule has 0 aliphatic carbocycles.